The summed E-state index contributed by atoms with van der Waals surface area (Å²) in [4.78, 5) is 18.6. The molecule has 0 fully saturated rings. The Bertz CT molecular complexity index is 1090. The van der Waals surface area contributed by atoms with Gasteiger partial charge in [0.25, 0.3) is 0 Å². The lowest BCUT2D eigenvalue weighted by Crippen LogP contribution is -2.33. The van der Waals surface area contributed by atoms with E-state index in [0.717, 1.165) is 53.2 Å². The van der Waals surface area contributed by atoms with Crippen molar-refractivity contribution < 1.29 is 18.0 Å². The van der Waals surface area contributed by atoms with Crippen LogP contribution in [0.1, 0.15) is 35.1 Å². The molecule has 0 saturated heterocycles. The van der Waals surface area contributed by atoms with E-state index in [2.05, 4.69) is 16.9 Å². The molecule has 0 atom stereocenters. The van der Waals surface area contributed by atoms with Crippen LogP contribution < -0.4 is 5.32 Å². The van der Waals surface area contributed by atoms with Gasteiger partial charge in [0.2, 0.25) is 5.91 Å². The van der Waals surface area contributed by atoms with E-state index >= 15 is 0 Å². The fraction of sp³-hybridized carbons (Fsp3) is 0.250. The highest BCUT2D eigenvalue weighted by atomic mass is 19.4. The molecule has 0 saturated carbocycles. The zero-order chi connectivity index (χ0) is 22.0. The number of allylic oxidation sites excluding steroid dienone is 1. The van der Waals surface area contributed by atoms with Crippen molar-refractivity contribution in [2.75, 3.05) is 18.4 Å². The van der Waals surface area contributed by atoms with Crippen LogP contribution in [0, 0.1) is 0 Å². The molecule has 7 heteroatoms. The van der Waals surface area contributed by atoms with Gasteiger partial charge in [-0.25, -0.2) is 4.98 Å². The van der Waals surface area contributed by atoms with Crippen LogP contribution in [-0.4, -0.2) is 28.9 Å². The maximum absolute atomic E-state index is 12.9. The minimum Gasteiger partial charge on any atom is -0.344 e. The first-order valence-corrected chi connectivity index (χ1v) is 10.1. The standard InChI is InChI=1S/C24H22F3N3O/c1-16-5-7-20-13-17(15-28-23(20)29-16)6-8-22(31)30-11-9-18(10-12-30)19-3-2-4-21(14-19)24(25,26)27/h2-4,6,8-9,13-15H,1,5,7,10-12H2,(H,28,29)/b8-6+. The van der Waals surface area contributed by atoms with Crippen LogP contribution in [-0.2, 0) is 17.4 Å². The molecule has 2 aliphatic rings. The maximum Gasteiger partial charge on any atom is 0.416 e. The first-order valence-electron chi connectivity index (χ1n) is 10.1. The van der Waals surface area contributed by atoms with Gasteiger partial charge in [-0.3, -0.25) is 4.79 Å². The molecule has 1 N–H and O–H groups in total. The Kier molecular flexibility index (Phi) is 5.67. The van der Waals surface area contributed by atoms with Crippen molar-refractivity contribution in [2.24, 2.45) is 0 Å². The number of fused-ring (bicyclic) bond motifs is 1. The van der Waals surface area contributed by atoms with Gasteiger partial charge in [0.05, 0.1) is 5.56 Å². The van der Waals surface area contributed by atoms with Crippen LogP contribution in [0.4, 0.5) is 19.0 Å². The monoisotopic (exact) mass is 425 g/mol. The third kappa shape index (κ3) is 4.87. The fourth-order valence-corrected chi connectivity index (χ4v) is 3.74. The number of nitrogens with zero attached hydrogens (tertiary/aromatic N) is 2. The summed E-state index contributed by atoms with van der Waals surface area (Å²) in [5.74, 6) is 0.673. The zero-order valence-corrected chi connectivity index (χ0v) is 16.9. The normalized spacial score (nSPS) is 16.7. The highest BCUT2D eigenvalue weighted by Gasteiger charge is 2.30. The summed E-state index contributed by atoms with van der Waals surface area (Å²) in [7, 11) is 0. The molecule has 31 heavy (non-hydrogen) atoms. The van der Waals surface area contributed by atoms with Crippen LogP contribution in [0.5, 0.6) is 0 Å². The Hall–Kier alpha value is -3.35. The topological polar surface area (TPSA) is 45.2 Å². The number of anilines is 1. The van der Waals surface area contributed by atoms with Crippen LogP contribution in [0.2, 0.25) is 0 Å². The number of aryl methyl sites for hydroxylation is 1. The van der Waals surface area contributed by atoms with Gasteiger partial charge in [0.15, 0.2) is 0 Å². The predicted molar refractivity (Wildman–Crippen MR) is 115 cm³/mol. The third-order valence-electron chi connectivity index (χ3n) is 5.48. The number of hydrogen-bond donors (Lipinski definition) is 1. The molecule has 0 radical (unpaired) electrons. The molecule has 160 valence electrons. The first-order chi connectivity index (χ1) is 14.8. The molecule has 0 aliphatic carbocycles. The van der Waals surface area contributed by atoms with E-state index in [1.807, 2.05) is 12.1 Å². The number of halogens is 3. The lowest BCUT2D eigenvalue weighted by atomic mass is 9.97. The molecule has 4 rings (SSSR count). The number of rotatable bonds is 3. The van der Waals surface area contributed by atoms with E-state index in [9.17, 15) is 18.0 Å². The van der Waals surface area contributed by atoms with Gasteiger partial charge < -0.3 is 10.2 Å². The maximum atomic E-state index is 12.9. The van der Waals surface area contributed by atoms with E-state index in [1.165, 1.54) is 12.1 Å². The SMILES string of the molecule is C=C1CCc2cc(/C=C/C(=O)N3CC=C(c4cccc(C(F)(F)F)c4)CC3)cnc2N1. The molecule has 2 aliphatic heterocycles. The van der Waals surface area contributed by atoms with Crippen LogP contribution >= 0.6 is 0 Å². The minimum atomic E-state index is -4.37. The van der Waals surface area contributed by atoms with E-state index in [-0.39, 0.29) is 5.91 Å². The number of nitrogens with one attached hydrogen (secondary N) is 1. The quantitative estimate of drug-likeness (QED) is 0.679. The number of hydrogen-bond acceptors (Lipinski definition) is 3. The van der Waals surface area contributed by atoms with Gasteiger partial charge >= 0.3 is 6.18 Å². The summed E-state index contributed by atoms with van der Waals surface area (Å²) in [6.07, 6.45) is 4.64. The van der Waals surface area contributed by atoms with Crippen LogP contribution in [0.3, 0.4) is 0 Å². The lowest BCUT2D eigenvalue weighted by Gasteiger charge is -2.26. The largest absolute Gasteiger partial charge is 0.416 e. The summed E-state index contributed by atoms with van der Waals surface area (Å²) in [6, 6.07) is 7.32. The van der Waals surface area contributed by atoms with Crippen molar-refractivity contribution in [3.05, 3.63) is 83.2 Å². The molecular weight excluding hydrogens is 403 g/mol. The number of carbonyl (C=O) groups excluding carboxylic acids is 1. The molecular formula is C24H22F3N3O. The van der Waals surface area contributed by atoms with Crippen molar-refractivity contribution in [1.82, 2.24) is 9.88 Å². The van der Waals surface area contributed by atoms with Crippen molar-refractivity contribution in [3.63, 3.8) is 0 Å². The Morgan fingerprint density at radius 1 is 1.19 bits per heavy atom. The molecule has 1 amide bonds. The number of amides is 1. The lowest BCUT2D eigenvalue weighted by molar-refractivity contribution is -0.137. The predicted octanol–water partition coefficient (Wildman–Crippen LogP) is 5.30. The van der Waals surface area contributed by atoms with Gasteiger partial charge in [0.1, 0.15) is 5.82 Å². The van der Waals surface area contributed by atoms with Crippen molar-refractivity contribution in [3.8, 4) is 0 Å². The second kappa shape index (κ2) is 8.41. The van der Waals surface area contributed by atoms with E-state index < -0.39 is 11.7 Å². The molecule has 0 unspecified atom stereocenters. The van der Waals surface area contributed by atoms with Gasteiger partial charge in [-0.1, -0.05) is 24.8 Å². The van der Waals surface area contributed by atoms with Crippen molar-refractivity contribution >= 4 is 23.4 Å². The molecule has 1 aromatic carbocycles. The smallest absolute Gasteiger partial charge is 0.344 e. The Balaban J connectivity index is 1.40. The van der Waals surface area contributed by atoms with Crippen molar-refractivity contribution in [1.29, 1.82) is 0 Å². The molecule has 1 aromatic heterocycles. The molecule has 4 nitrogen and oxygen atoms in total. The van der Waals surface area contributed by atoms with Gasteiger partial charge in [-0.2, -0.15) is 13.2 Å². The average molecular weight is 425 g/mol. The van der Waals surface area contributed by atoms with Gasteiger partial charge in [0, 0.05) is 31.1 Å². The Labute approximate surface area is 178 Å². The van der Waals surface area contributed by atoms with Crippen molar-refractivity contribution in [2.45, 2.75) is 25.4 Å². The summed E-state index contributed by atoms with van der Waals surface area (Å²) in [6.45, 7) is 4.74. The minimum absolute atomic E-state index is 0.136. The Morgan fingerprint density at radius 2 is 2.03 bits per heavy atom. The van der Waals surface area contributed by atoms with E-state index in [4.69, 9.17) is 0 Å². The number of benzene rings is 1. The average Bonchev–Trinajstić information content (AvgIpc) is 2.77. The summed E-state index contributed by atoms with van der Waals surface area (Å²) in [5, 5.41) is 3.16. The summed E-state index contributed by atoms with van der Waals surface area (Å²) >= 11 is 0. The first kappa shape index (κ1) is 20.9. The number of alkyl halides is 3. The molecule has 0 spiro atoms. The third-order valence-corrected chi connectivity index (χ3v) is 5.48. The summed E-state index contributed by atoms with van der Waals surface area (Å²) < 4.78 is 38.8. The molecule has 3 heterocycles. The van der Waals surface area contributed by atoms with Crippen LogP contribution in [0.15, 0.2) is 61.0 Å². The second-order valence-corrected chi connectivity index (χ2v) is 7.68. The Morgan fingerprint density at radius 3 is 2.77 bits per heavy atom. The highest BCUT2D eigenvalue weighted by Crippen LogP contribution is 2.32. The summed E-state index contributed by atoms with van der Waals surface area (Å²) in [5.41, 5.74) is 3.60. The number of pyridine rings is 1. The van der Waals surface area contributed by atoms with Gasteiger partial charge in [-0.05, 0) is 65.8 Å². The molecule has 2 aromatic rings. The van der Waals surface area contributed by atoms with Gasteiger partial charge in [-0.15, -0.1) is 0 Å². The zero-order valence-electron chi connectivity index (χ0n) is 16.9. The van der Waals surface area contributed by atoms with Crippen LogP contribution in [0.25, 0.3) is 11.6 Å². The number of carbonyl (C=O) groups is 1. The highest BCUT2D eigenvalue weighted by molar-refractivity contribution is 5.92. The number of aromatic nitrogens is 1. The fourth-order valence-electron chi connectivity index (χ4n) is 3.74. The van der Waals surface area contributed by atoms with E-state index in [0.29, 0.717) is 25.1 Å². The molecule has 0 bridgehead atoms. The van der Waals surface area contributed by atoms with E-state index in [1.54, 1.807) is 23.2 Å². The second-order valence-electron chi connectivity index (χ2n) is 7.68.